The second kappa shape index (κ2) is 4.74. The molecule has 1 aliphatic heterocycles. The van der Waals surface area contributed by atoms with Gasteiger partial charge in [-0.15, -0.1) is 0 Å². The van der Waals surface area contributed by atoms with Crippen LogP contribution < -0.4 is 14.8 Å². The first kappa shape index (κ1) is 11.3. The van der Waals surface area contributed by atoms with Crippen LogP contribution in [-0.4, -0.2) is 19.1 Å². The summed E-state index contributed by atoms with van der Waals surface area (Å²) in [5, 5.41) is 2.79. The third-order valence-electron chi connectivity index (χ3n) is 2.23. The van der Waals surface area contributed by atoms with E-state index in [0.717, 1.165) is 4.47 Å². The van der Waals surface area contributed by atoms with Crippen molar-refractivity contribution in [2.45, 2.75) is 13.3 Å². The Morgan fingerprint density at radius 2 is 2.00 bits per heavy atom. The van der Waals surface area contributed by atoms with Crippen molar-refractivity contribution in [3.63, 3.8) is 0 Å². The Balaban J connectivity index is 2.28. The van der Waals surface area contributed by atoms with Crippen molar-refractivity contribution in [3.8, 4) is 11.5 Å². The van der Waals surface area contributed by atoms with Gasteiger partial charge in [0.1, 0.15) is 13.2 Å². The summed E-state index contributed by atoms with van der Waals surface area (Å²) in [5.74, 6) is 1.34. The number of rotatable bonds is 2. The van der Waals surface area contributed by atoms with E-state index in [0.29, 0.717) is 36.8 Å². The molecule has 0 saturated carbocycles. The maximum atomic E-state index is 11.3. The van der Waals surface area contributed by atoms with Crippen LogP contribution in [0.25, 0.3) is 0 Å². The predicted molar refractivity (Wildman–Crippen MR) is 64.1 cm³/mol. The summed E-state index contributed by atoms with van der Waals surface area (Å²) >= 11 is 3.38. The lowest BCUT2D eigenvalue weighted by molar-refractivity contribution is -0.115. The molecule has 0 fully saturated rings. The predicted octanol–water partition coefficient (Wildman–Crippen LogP) is 2.57. The first-order valence-electron chi connectivity index (χ1n) is 5.09. The molecule has 0 bridgehead atoms. The van der Waals surface area contributed by atoms with Crippen LogP contribution in [0.2, 0.25) is 0 Å². The Bertz CT molecular complexity index is 420. The van der Waals surface area contributed by atoms with E-state index in [4.69, 9.17) is 9.47 Å². The van der Waals surface area contributed by atoms with Crippen molar-refractivity contribution >= 4 is 27.5 Å². The summed E-state index contributed by atoms with van der Waals surface area (Å²) in [6.07, 6.45) is 0.445. The zero-order valence-electron chi connectivity index (χ0n) is 8.88. The number of nitrogens with one attached hydrogen (secondary N) is 1. The number of hydrogen-bond acceptors (Lipinski definition) is 3. The average Bonchev–Trinajstić information content (AvgIpc) is 2.30. The maximum absolute atomic E-state index is 11.3. The van der Waals surface area contributed by atoms with E-state index >= 15 is 0 Å². The molecule has 5 heteroatoms. The van der Waals surface area contributed by atoms with E-state index in [9.17, 15) is 4.79 Å². The van der Waals surface area contributed by atoms with Gasteiger partial charge in [-0.3, -0.25) is 4.79 Å². The number of benzene rings is 1. The fourth-order valence-corrected chi connectivity index (χ4v) is 1.82. The molecule has 4 nitrogen and oxygen atoms in total. The van der Waals surface area contributed by atoms with Gasteiger partial charge in [0.15, 0.2) is 11.5 Å². The van der Waals surface area contributed by atoms with Gasteiger partial charge in [0, 0.05) is 23.0 Å². The van der Waals surface area contributed by atoms with Crippen LogP contribution in [0.15, 0.2) is 16.6 Å². The lowest BCUT2D eigenvalue weighted by atomic mass is 10.2. The Kier molecular flexibility index (Phi) is 3.33. The van der Waals surface area contributed by atoms with E-state index in [1.54, 1.807) is 19.1 Å². The molecule has 1 aliphatic rings. The van der Waals surface area contributed by atoms with Gasteiger partial charge < -0.3 is 14.8 Å². The van der Waals surface area contributed by atoms with Crippen molar-refractivity contribution < 1.29 is 14.3 Å². The molecular formula is C11H12BrNO3. The first-order valence-corrected chi connectivity index (χ1v) is 5.89. The smallest absolute Gasteiger partial charge is 0.224 e. The minimum atomic E-state index is -0.0302. The number of anilines is 1. The molecular weight excluding hydrogens is 274 g/mol. The van der Waals surface area contributed by atoms with Gasteiger partial charge in [-0.05, 0) is 15.9 Å². The third kappa shape index (κ3) is 2.29. The third-order valence-corrected chi connectivity index (χ3v) is 2.88. The maximum Gasteiger partial charge on any atom is 0.224 e. The van der Waals surface area contributed by atoms with E-state index in [-0.39, 0.29) is 5.91 Å². The molecule has 0 saturated heterocycles. The van der Waals surface area contributed by atoms with Crippen LogP contribution in [0.3, 0.4) is 0 Å². The van der Waals surface area contributed by atoms with Crippen molar-refractivity contribution in [2.75, 3.05) is 18.5 Å². The minimum Gasteiger partial charge on any atom is -0.486 e. The molecule has 86 valence electrons. The van der Waals surface area contributed by atoms with Gasteiger partial charge in [-0.1, -0.05) is 6.92 Å². The topological polar surface area (TPSA) is 47.6 Å². The number of halogens is 1. The summed E-state index contributed by atoms with van der Waals surface area (Å²) in [6.45, 7) is 2.90. The van der Waals surface area contributed by atoms with Crippen LogP contribution in [0.1, 0.15) is 13.3 Å². The fourth-order valence-electron chi connectivity index (χ4n) is 1.40. The molecule has 0 spiro atoms. The summed E-state index contributed by atoms with van der Waals surface area (Å²) < 4.78 is 11.7. The molecule has 0 radical (unpaired) electrons. The van der Waals surface area contributed by atoms with Gasteiger partial charge in [0.05, 0.1) is 5.69 Å². The minimum absolute atomic E-state index is 0.0302. The normalized spacial score (nSPS) is 13.4. The van der Waals surface area contributed by atoms with Gasteiger partial charge in [-0.25, -0.2) is 0 Å². The van der Waals surface area contributed by atoms with Gasteiger partial charge in [0.25, 0.3) is 0 Å². The molecule has 1 aromatic carbocycles. The lowest BCUT2D eigenvalue weighted by Crippen LogP contribution is -2.16. The number of carbonyl (C=O) groups is 1. The van der Waals surface area contributed by atoms with Crippen molar-refractivity contribution in [3.05, 3.63) is 16.6 Å². The highest BCUT2D eigenvalue weighted by atomic mass is 79.9. The Labute approximate surface area is 102 Å². The van der Waals surface area contributed by atoms with Gasteiger partial charge in [-0.2, -0.15) is 0 Å². The highest BCUT2D eigenvalue weighted by molar-refractivity contribution is 9.10. The molecule has 0 atom stereocenters. The molecule has 2 rings (SSSR count). The van der Waals surface area contributed by atoms with Gasteiger partial charge >= 0.3 is 0 Å². The van der Waals surface area contributed by atoms with Crippen LogP contribution in [0, 0.1) is 0 Å². The zero-order valence-corrected chi connectivity index (χ0v) is 10.5. The van der Waals surface area contributed by atoms with E-state index < -0.39 is 0 Å². The molecule has 1 heterocycles. The second-order valence-electron chi connectivity index (χ2n) is 3.38. The molecule has 0 unspecified atom stereocenters. The van der Waals surface area contributed by atoms with E-state index in [2.05, 4.69) is 21.2 Å². The number of fused-ring (bicyclic) bond motifs is 1. The molecule has 1 N–H and O–H groups in total. The monoisotopic (exact) mass is 285 g/mol. The lowest BCUT2D eigenvalue weighted by Gasteiger charge is -2.20. The van der Waals surface area contributed by atoms with Crippen LogP contribution in [-0.2, 0) is 4.79 Å². The fraction of sp³-hybridized carbons (Fsp3) is 0.364. The Morgan fingerprint density at radius 1 is 1.38 bits per heavy atom. The molecule has 1 aromatic rings. The summed E-state index contributed by atoms with van der Waals surface area (Å²) in [7, 11) is 0. The number of ether oxygens (including phenoxy) is 2. The first-order chi connectivity index (χ1) is 7.70. The molecule has 0 aromatic heterocycles. The van der Waals surface area contributed by atoms with Gasteiger partial charge in [0.2, 0.25) is 5.91 Å². The van der Waals surface area contributed by atoms with Crippen LogP contribution >= 0.6 is 15.9 Å². The largest absolute Gasteiger partial charge is 0.486 e. The number of hydrogen-bond donors (Lipinski definition) is 1. The quantitative estimate of drug-likeness (QED) is 0.909. The Hall–Kier alpha value is -1.23. The Morgan fingerprint density at radius 3 is 2.62 bits per heavy atom. The standard InChI is InChI=1S/C11H12BrNO3/c1-2-11(14)13-8-6-10-9(5-7(8)12)15-3-4-16-10/h5-6H,2-4H2,1H3,(H,13,14). The SMILES string of the molecule is CCC(=O)Nc1cc2c(cc1Br)OCCO2. The molecule has 0 aliphatic carbocycles. The van der Waals surface area contributed by atoms with E-state index in [1.807, 2.05) is 0 Å². The van der Waals surface area contributed by atoms with Crippen LogP contribution in [0.5, 0.6) is 11.5 Å². The summed E-state index contributed by atoms with van der Waals surface area (Å²) in [4.78, 5) is 11.3. The highest BCUT2D eigenvalue weighted by Crippen LogP contribution is 2.38. The second-order valence-corrected chi connectivity index (χ2v) is 4.23. The average molecular weight is 286 g/mol. The van der Waals surface area contributed by atoms with Crippen molar-refractivity contribution in [1.29, 1.82) is 0 Å². The number of amides is 1. The molecule has 1 amide bonds. The summed E-state index contributed by atoms with van der Waals surface area (Å²) in [6, 6.07) is 3.58. The van der Waals surface area contributed by atoms with Crippen molar-refractivity contribution in [1.82, 2.24) is 0 Å². The van der Waals surface area contributed by atoms with E-state index in [1.165, 1.54) is 0 Å². The van der Waals surface area contributed by atoms with Crippen LogP contribution in [0.4, 0.5) is 5.69 Å². The number of carbonyl (C=O) groups excluding carboxylic acids is 1. The summed E-state index contributed by atoms with van der Waals surface area (Å²) in [5.41, 5.74) is 0.705. The highest BCUT2D eigenvalue weighted by Gasteiger charge is 2.15. The molecule has 16 heavy (non-hydrogen) atoms. The zero-order chi connectivity index (χ0) is 11.5. The van der Waals surface area contributed by atoms with Crippen molar-refractivity contribution in [2.24, 2.45) is 0 Å².